The molecule has 4 nitrogen and oxygen atoms in total. The first kappa shape index (κ1) is 14.1. The van der Waals surface area contributed by atoms with Crippen molar-refractivity contribution in [1.29, 1.82) is 0 Å². The van der Waals surface area contributed by atoms with Crippen molar-refractivity contribution in [3.05, 3.63) is 59.2 Å². The van der Waals surface area contributed by atoms with Crippen LogP contribution in [0, 0.1) is 6.92 Å². The van der Waals surface area contributed by atoms with Crippen molar-refractivity contribution in [1.82, 2.24) is 0 Å². The van der Waals surface area contributed by atoms with Crippen molar-refractivity contribution in [2.45, 2.75) is 13.5 Å². The van der Waals surface area contributed by atoms with Crippen LogP contribution in [0.15, 0.2) is 42.5 Å². The van der Waals surface area contributed by atoms with E-state index in [9.17, 15) is 4.79 Å². The number of amides is 1. The lowest BCUT2D eigenvalue weighted by atomic mass is 10.1. The van der Waals surface area contributed by atoms with Gasteiger partial charge in [0.05, 0.1) is 12.2 Å². The van der Waals surface area contributed by atoms with Gasteiger partial charge in [-0.25, -0.2) is 0 Å². The first-order valence-corrected chi connectivity index (χ1v) is 6.36. The van der Waals surface area contributed by atoms with Gasteiger partial charge in [-0.2, -0.15) is 0 Å². The molecule has 4 heteroatoms. The highest BCUT2D eigenvalue weighted by Crippen LogP contribution is 2.19. The van der Waals surface area contributed by atoms with Crippen molar-refractivity contribution < 1.29 is 9.53 Å². The lowest BCUT2D eigenvalue weighted by Gasteiger charge is -2.10. The summed E-state index contributed by atoms with van der Waals surface area (Å²) in [6, 6.07) is 13.0. The molecule has 0 aliphatic heterocycles. The lowest BCUT2D eigenvalue weighted by molar-refractivity contribution is 0.102. The summed E-state index contributed by atoms with van der Waals surface area (Å²) in [5, 5.41) is 2.85. The van der Waals surface area contributed by atoms with Crippen LogP contribution in [0.5, 0.6) is 0 Å². The second kappa shape index (κ2) is 6.21. The molecule has 0 saturated carbocycles. The van der Waals surface area contributed by atoms with Gasteiger partial charge < -0.3 is 15.8 Å². The summed E-state index contributed by atoms with van der Waals surface area (Å²) in [5.74, 6) is -0.208. The average Bonchev–Trinajstić information content (AvgIpc) is 2.42. The monoisotopic (exact) mass is 270 g/mol. The third kappa shape index (κ3) is 3.16. The highest BCUT2D eigenvalue weighted by atomic mass is 16.5. The predicted octanol–water partition coefficient (Wildman–Crippen LogP) is 2.98. The van der Waals surface area contributed by atoms with Crippen molar-refractivity contribution in [2.24, 2.45) is 0 Å². The van der Waals surface area contributed by atoms with Crippen LogP contribution in [-0.2, 0) is 11.3 Å². The molecule has 0 heterocycles. The molecular weight excluding hydrogens is 252 g/mol. The highest BCUT2D eigenvalue weighted by molar-refractivity contribution is 6.08. The van der Waals surface area contributed by atoms with Crippen LogP contribution in [0.4, 0.5) is 11.4 Å². The maximum absolute atomic E-state index is 12.2. The highest BCUT2D eigenvalue weighted by Gasteiger charge is 2.11. The molecule has 0 atom stereocenters. The molecule has 2 aromatic carbocycles. The fourth-order valence-electron chi connectivity index (χ4n) is 1.98. The Balaban J connectivity index is 2.19. The van der Waals surface area contributed by atoms with E-state index in [-0.39, 0.29) is 5.91 Å². The summed E-state index contributed by atoms with van der Waals surface area (Å²) in [7, 11) is 1.64. The van der Waals surface area contributed by atoms with Gasteiger partial charge in [0.1, 0.15) is 0 Å². The first-order chi connectivity index (χ1) is 9.61. The number of rotatable bonds is 4. The number of hydrogen-bond donors (Lipinski definition) is 2. The van der Waals surface area contributed by atoms with Gasteiger partial charge in [0.25, 0.3) is 5.91 Å². The molecule has 0 aliphatic rings. The van der Waals surface area contributed by atoms with Gasteiger partial charge >= 0.3 is 0 Å². The van der Waals surface area contributed by atoms with E-state index in [1.54, 1.807) is 13.2 Å². The number of hydrogen-bond acceptors (Lipinski definition) is 3. The largest absolute Gasteiger partial charge is 0.398 e. The molecule has 0 aliphatic carbocycles. The number of para-hydroxylation sites is 1. The average molecular weight is 270 g/mol. The number of nitrogens with two attached hydrogens (primary N) is 1. The second-order valence-corrected chi connectivity index (χ2v) is 4.62. The number of ether oxygens (including phenoxy) is 1. The number of nitrogen functional groups attached to an aromatic ring is 1. The van der Waals surface area contributed by atoms with Crippen LogP contribution in [0.2, 0.25) is 0 Å². The Morgan fingerprint density at radius 2 is 2.00 bits per heavy atom. The molecule has 2 rings (SSSR count). The Hall–Kier alpha value is -2.33. The second-order valence-electron chi connectivity index (χ2n) is 4.62. The Morgan fingerprint density at radius 1 is 1.25 bits per heavy atom. The number of carbonyl (C=O) groups is 1. The summed E-state index contributed by atoms with van der Waals surface area (Å²) in [4.78, 5) is 12.2. The van der Waals surface area contributed by atoms with Crippen molar-refractivity contribution in [3.63, 3.8) is 0 Å². The molecule has 0 aromatic heterocycles. The molecule has 20 heavy (non-hydrogen) atoms. The van der Waals surface area contributed by atoms with Gasteiger partial charge in [0.2, 0.25) is 0 Å². The van der Waals surface area contributed by atoms with Crippen LogP contribution in [0.25, 0.3) is 0 Å². The van der Waals surface area contributed by atoms with Crippen molar-refractivity contribution in [2.75, 3.05) is 18.2 Å². The predicted molar refractivity (Wildman–Crippen MR) is 80.7 cm³/mol. The molecule has 0 fully saturated rings. The van der Waals surface area contributed by atoms with E-state index >= 15 is 0 Å². The van der Waals surface area contributed by atoms with Gasteiger partial charge in [-0.1, -0.05) is 24.3 Å². The molecule has 0 saturated heterocycles. The Bertz CT molecular complexity index is 624. The maximum Gasteiger partial charge on any atom is 0.257 e. The minimum Gasteiger partial charge on any atom is -0.398 e. The summed E-state index contributed by atoms with van der Waals surface area (Å²) in [6.07, 6.45) is 0. The minimum atomic E-state index is -0.208. The van der Waals surface area contributed by atoms with E-state index < -0.39 is 0 Å². The van der Waals surface area contributed by atoms with Crippen LogP contribution in [0.1, 0.15) is 21.5 Å². The normalized spacial score (nSPS) is 10.3. The molecule has 2 aromatic rings. The van der Waals surface area contributed by atoms with Gasteiger partial charge in [-0.05, 0) is 36.2 Å². The fourth-order valence-corrected chi connectivity index (χ4v) is 1.98. The van der Waals surface area contributed by atoms with E-state index in [1.807, 2.05) is 43.3 Å². The van der Waals surface area contributed by atoms with Crippen LogP contribution >= 0.6 is 0 Å². The topological polar surface area (TPSA) is 64.3 Å². The molecule has 0 unspecified atom stereocenters. The van der Waals surface area contributed by atoms with Crippen LogP contribution in [0.3, 0.4) is 0 Å². The standard InChI is InChI=1S/C16H18N2O2/c1-11-5-3-8-14(15(11)17)16(19)18-13-7-4-6-12(9-13)10-20-2/h3-9H,10,17H2,1-2H3,(H,18,19). The van der Waals surface area contributed by atoms with Crippen LogP contribution < -0.4 is 11.1 Å². The van der Waals surface area contributed by atoms with Crippen molar-refractivity contribution in [3.8, 4) is 0 Å². The molecular formula is C16H18N2O2. The van der Waals surface area contributed by atoms with Gasteiger partial charge in [0.15, 0.2) is 0 Å². The van der Waals surface area contributed by atoms with E-state index in [2.05, 4.69) is 5.32 Å². The number of benzene rings is 2. The van der Waals surface area contributed by atoms with E-state index in [0.29, 0.717) is 17.9 Å². The van der Waals surface area contributed by atoms with Gasteiger partial charge in [-0.15, -0.1) is 0 Å². The summed E-state index contributed by atoms with van der Waals surface area (Å²) in [5.41, 5.74) is 9.56. The molecule has 1 amide bonds. The summed E-state index contributed by atoms with van der Waals surface area (Å²) < 4.78 is 5.07. The molecule has 0 radical (unpaired) electrons. The number of aryl methyl sites for hydroxylation is 1. The Labute approximate surface area is 118 Å². The van der Waals surface area contributed by atoms with E-state index in [0.717, 1.165) is 16.8 Å². The third-order valence-electron chi connectivity index (χ3n) is 3.06. The smallest absolute Gasteiger partial charge is 0.257 e. The number of anilines is 2. The van der Waals surface area contributed by atoms with Crippen LogP contribution in [-0.4, -0.2) is 13.0 Å². The zero-order chi connectivity index (χ0) is 14.5. The SMILES string of the molecule is COCc1cccc(NC(=O)c2cccc(C)c2N)c1. The van der Waals surface area contributed by atoms with Gasteiger partial charge in [-0.3, -0.25) is 4.79 Å². The number of methoxy groups -OCH3 is 1. The Morgan fingerprint density at radius 3 is 2.75 bits per heavy atom. The zero-order valence-electron chi connectivity index (χ0n) is 11.6. The van der Waals surface area contributed by atoms with Gasteiger partial charge in [0, 0.05) is 18.5 Å². The first-order valence-electron chi connectivity index (χ1n) is 6.36. The Kier molecular flexibility index (Phi) is 4.38. The quantitative estimate of drug-likeness (QED) is 0.839. The number of carbonyl (C=O) groups excluding carboxylic acids is 1. The summed E-state index contributed by atoms with van der Waals surface area (Å²) in [6.45, 7) is 2.39. The summed E-state index contributed by atoms with van der Waals surface area (Å²) >= 11 is 0. The molecule has 0 bridgehead atoms. The minimum absolute atomic E-state index is 0.208. The molecule has 104 valence electrons. The maximum atomic E-state index is 12.2. The van der Waals surface area contributed by atoms with E-state index in [1.165, 1.54) is 0 Å². The van der Waals surface area contributed by atoms with E-state index in [4.69, 9.17) is 10.5 Å². The zero-order valence-corrected chi connectivity index (χ0v) is 11.6. The molecule has 3 N–H and O–H groups in total. The lowest BCUT2D eigenvalue weighted by Crippen LogP contribution is -2.14. The third-order valence-corrected chi connectivity index (χ3v) is 3.06. The molecule has 0 spiro atoms. The van der Waals surface area contributed by atoms with Crippen molar-refractivity contribution >= 4 is 17.3 Å². The fraction of sp³-hybridized carbons (Fsp3) is 0.188. The number of nitrogens with one attached hydrogen (secondary N) is 1.